The van der Waals surface area contributed by atoms with Gasteiger partial charge in [-0.1, -0.05) is 24.3 Å². The Bertz CT molecular complexity index is 722. The largest absolute Gasteiger partial charge is 0.383 e. The molecule has 3 rings (SSSR count). The van der Waals surface area contributed by atoms with Crippen molar-refractivity contribution in [1.29, 1.82) is 0 Å². The molecule has 0 spiro atoms. The predicted octanol–water partition coefficient (Wildman–Crippen LogP) is 2.53. The average Bonchev–Trinajstić information content (AvgIpc) is 2.66. The number of rotatable bonds is 1. The van der Waals surface area contributed by atoms with E-state index < -0.39 is 0 Å². The van der Waals surface area contributed by atoms with Gasteiger partial charge in [0.25, 0.3) is 0 Å². The van der Waals surface area contributed by atoms with Crippen LogP contribution in [0.5, 0.6) is 0 Å². The molecule has 0 amide bonds. The molecule has 4 nitrogen and oxygen atoms in total. The van der Waals surface area contributed by atoms with Gasteiger partial charge in [-0.3, -0.25) is 4.98 Å². The van der Waals surface area contributed by atoms with Crippen molar-refractivity contribution >= 4 is 16.7 Å². The summed E-state index contributed by atoms with van der Waals surface area (Å²) in [5, 5.41) is 1.10. The summed E-state index contributed by atoms with van der Waals surface area (Å²) in [7, 11) is 1.92. The zero-order chi connectivity index (χ0) is 12.7. The predicted molar refractivity (Wildman–Crippen MR) is 73.1 cm³/mol. The van der Waals surface area contributed by atoms with Gasteiger partial charge >= 0.3 is 0 Å². The standard InChI is InChI=1S/C14H14N4/c1-9-17-13(14(15)18(9)2)11-7-3-5-10-6-4-8-16-12(10)11/h3-8H,15H2,1-2H3. The van der Waals surface area contributed by atoms with Crippen molar-refractivity contribution in [2.45, 2.75) is 6.92 Å². The maximum absolute atomic E-state index is 6.10. The minimum absolute atomic E-state index is 0.672. The van der Waals surface area contributed by atoms with Crippen molar-refractivity contribution in [2.75, 3.05) is 5.73 Å². The van der Waals surface area contributed by atoms with Gasteiger partial charge in [-0.2, -0.15) is 0 Å². The molecule has 2 heterocycles. The van der Waals surface area contributed by atoms with Crippen LogP contribution in [0.25, 0.3) is 22.2 Å². The van der Waals surface area contributed by atoms with E-state index in [0.29, 0.717) is 5.82 Å². The van der Waals surface area contributed by atoms with Crippen LogP contribution >= 0.6 is 0 Å². The highest BCUT2D eigenvalue weighted by atomic mass is 15.1. The fourth-order valence-electron chi connectivity index (χ4n) is 2.12. The molecule has 0 saturated heterocycles. The number of aromatic nitrogens is 3. The minimum Gasteiger partial charge on any atom is -0.383 e. The summed E-state index contributed by atoms with van der Waals surface area (Å²) in [6, 6.07) is 10.0. The quantitative estimate of drug-likeness (QED) is 0.708. The van der Waals surface area contributed by atoms with Crippen LogP contribution in [-0.2, 0) is 7.05 Å². The molecule has 0 fully saturated rings. The lowest BCUT2D eigenvalue weighted by molar-refractivity contribution is 0.868. The van der Waals surface area contributed by atoms with E-state index in [4.69, 9.17) is 5.73 Å². The van der Waals surface area contributed by atoms with Crippen LogP contribution in [0.1, 0.15) is 5.82 Å². The van der Waals surface area contributed by atoms with Crippen LogP contribution in [0.2, 0.25) is 0 Å². The van der Waals surface area contributed by atoms with Gasteiger partial charge in [0.15, 0.2) is 0 Å². The van der Waals surface area contributed by atoms with Gasteiger partial charge in [0.2, 0.25) is 0 Å². The minimum atomic E-state index is 0.672. The van der Waals surface area contributed by atoms with Crippen molar-refractivity contribution < 1.29 is 0 Å². The molecule has 0 unspecified atom stereocenters. The van der Waals surface area contributed by atoms with Gasteiger partial charge in [-0.25, -0.2) is 4.98 Å². The molecule has 0 saturated carbocycles. The summed E-state index contributed by atoms with van der Waals surface area (Å²) in [6.45, 7) is 1.94. The van der Waals surface area contributed by atoms with Crippen molar-refractivity contribution in [1.82, 2.24) is 14.5 Å². The molecule has 0 atom stereocenters. The summed E-state index contributed by atoms with van der Waals surface area (Å²) in [6.07, 6.45) is 1.79. The molecule has 3 aromatic rings. The Morgan fingerprint density at radius 1 is 1.17 bits per heavy atom. The number of hydrogen-bond donors (Lipinski definition) is 1. The Kier molecular flexibility index (Phi) is 2.30. The van der Waals surface area contributed by atoms with E-state index in [1.54, 1.807) is 6.20 Å². The van der Waals surface area contributed by atoms with Crippen LogP contribution < -0.4 is 5.73 Å². The van der Waals surface area contributed by atoms with E-state index in [1.807, 2.05) is 48.9 Å². The molecule has 2 aromatic heterocycles. The summed E-state index contributed by atoms with van der Waals surface area (Å²) in [5.41, 5.74) is 8.82. The van der Waals surface area contributed by atoms with Gasteiger partial charge < -0.3 is 10.3 Å². The smallest absolute Gasteiger partial charge is 0.131 e. The zero-order valence-corrected chi connectivity index (χ0v) is 10.4. The third-order valence-electron chi connectivity index (χ3n) is 3.25. The van der Waals surface area contributed by atoms with Crippen molar-refractivity contribution in [3.8, 4) is 11.3 Å². The topological polar surface area (TPSA) is 56.7 Å². The first-order chi connectivity index (χ1) is 8.68. The Morgan fingerprint density at radius 3 is 2.67 bits per heavy atom. The number of imidazole rings is 1. The normalized spacial score (nSPS) is 11.0. The highest BCUT2D eigenvalue weighted by Crippen LogP contribution is 2.30. The van der Waals surface area contributed by atoms with Crippen LogP contribution in [0, 0.1) is 6.92 Å². The lowest BCUT2D eigenvalue weighted by Crippen LogP contribution is -1.98. The number of benzene rings is 1. The third kappa shape index (κ3) is 1.46. The first-order valence-corrected chi connectivity index (χ1v) is 5.81. The molecular weight excluding hydrogens is 224 g/mol. The molecule has 4 heteroatoms. The number of nitrogen functional groups attached to an aromatic ring is 1. The second-order valence-electron chi connectivity index (χ2n) is 4.33. The second-order valence-corrected chi connectivity index (χ2v) is 4.33. The fraction of sp³-hybridized carbons (Fsp3) is 0.143. The number of anilines is 1. The average molecular weight is 238 g/mol. The molecule has 0 radical (unpaired) electrons. The van der Waals surface area contributed by atoms with Crippen LogP contribution in [0.4, 0.5) is 5.82 Å². The second kappa shape index (κ2) is 3.84. The molecule has 1 aromatic carbocycles. The van der Waals surface area contributed by atoms with E-state index >= 15 is 0 Å². The number of fused-ring (bicyclic) bond motifs is 1. The number of pyridine rings is 1. The maximum Gasteiger partial charge on any atom is 0.131 e. The Hall–Kier alpha value is -2.36. The van der Waals surface area contributed by atoms with Crippen LogP contribution in [0.3, 0.4) is 0 Å². The molecular formula is C14H14N4. The third-order valence-corrected chi connectivity index (χ3v) is 3.25. The molecule has 0 aliphatic carbocycles. The van der Waals surface area contributed by atoms with E-state index in [2.05, 4.69) is 9.97 Å². The molecule has 18 heavy (non-hydrogen) atoms. The molecule has 0 aliphatic rings. The summed E-state index contributed by atoms with van der Waals surface area (Å²) in [5.74, 6) is 1.57. The van der Waals surface area contributed by atoms with E-state index in [9.17, 15) is 0 Å². The number of nitrogens with two attached hydrogens (primary N) is 1. The molecule has 2 N–H and O–H groups in total. The maximum atomic E-state index is 6.10. The number of hydrogen-bond acceptors (Lipinski definition) is 3. The van der Waals surface area contributed by atoms with E-state index in [1.165, 1.54) is 0 Å². The Morgan fingerprint density at radius 2 is 1.94 bits per heavy atom. The summed E-state index contributed by atoms with van der Waals surface area (Å²) >= 11 is 0. The SMILES string of the molecule is Cc1nc(-c2cccc3cccnc23)c(N)n1C. The van der Waals surface area contributed by atoms with E-state index in [-0.39, 0.29) is 0 Å². The first-order valence-electron chi connectivity index (χ1n) is 5.81. The van der Waals surface area contributed by atoms with Gasteiger partial charge in [-0.15, -0.1) is 0 Å². The summed E-state index contributed by atoms with van der Waals surface area (Å²) in [4.78, 5) is 8.96. The highest BCUT2D eigenvalue weighted by molar-refractivity contribution is 5.94. The van der Waals surface area contributed by atoms with Gasteiger partial charge in [0.05, 0.1) is 5.52 Å². The van der Waals surface area contributed by atoms with Crippen molar-refractivity contribution in [3.63, 3.8) is 0 Å². The first kappa shape index (κ1) is 10.8. The van der Waals surface area contributed by atoms with Crippen LogP contribution in [0.15, 0.2) is 36.5 Å². The fourth-order valence-corrected chi connectivity index (χ4v) is 2.12. The number of aryl methyl sites for hydroxylation is 1. The molecule has 0 bridgehead atoms. The molecule has 0 aliphatic heterocycles. The monoisotopic (exact) mass is 238 g/mol. The lowest BCUT2D eigenvalue weighted by Gasteiger charge is -2.04. The van der Waals surface area contributed by atoms with Crippen LogP contribution in [-0.4, -0.2) is 14.5 Å². The van der Waals surface area contributed by atoms with E-state index in [0.717, 1.165) is 28.0 Å². The van der Waals surface area contributed by atoms with Crippen molar-refractivity contribution in [3.05, 3.63) is 42.4 Å². The van der Waals surface area contributed by atoms with Gasteiger partial charge in [0.1, 0.15) is 17.3 Å². The Labute approximate surface area is 105 Å². The zero-order valence-electron chi connectivity index (χ0n) is 10.4. The van der Waals surface area contributed by atoms with Crippen molar-refractivity contribution in [2.24, 2.45) is 7.05 Å². The molecule has 90 valence electrons. The van der Waals surface area contributed by atoms with Gasteiger partial charge in [-0.05, 0) is 13.0 Å². The van der Waals surface area contributed by atoms with Gasteiger partial charge in [0, 0.05) is 24.2 Å². The number of para-hydroxylation sites is 1. The summed E-state index contributed by atoms with van der Waals surface area (Å²) < 4.78 is 1.89. The Balaban J connectivity index is 2.35. The number of nitrogens with zero attached hydrogens (tertiary/aromatic N) is 3. The lowest BCUT2D eigenvalue weighted by atomic mass is 10.1. The highest BCUT2D eigenvalue weighted by Gasteiger charge is 2.13.